The van der Waals surface area contributed by atoms with E-state index in [0.717, 1.165) is 22.4 Å². The molecule has 0 radical (unpaired) electrons. The molecular formula is C17H21NO2. The molecule has 3 heteroatoms. The molecule has 106 valence electrons. The molecule has 2 aromatic rings. The molecular weight excluding hydrogens is 250 g/mol. The van der Waals surface area contributed by atoms with E-state index in [9.17, 15) is 0 Å². The van der Waals surface area contributed by atoms with E-state index in [2.05, 4.69) is 6.07 Å². The van der Waals surface area contributed by atoms with Crippen molar-refractivity contribution in [1.29, 1.82) is 0 Å². The Kier molecular flexibility index (Phi) is 5.16. The number of aryl methyl sites for hydroxylation is 1. The Bertz CT molecular complexity index is 538. The minimum absolute atomic E-state index is 0.0390. The van der Waals surface area contributed by atoms with Crippen LogP contribution in [-0.4, -0.2) is 6.79 Å². The molecule has 20 heavy (non-hydrogen) atoms. The van der Waals surface area contributed by atoms with E-state index >= 15 is 0 Å². The Balaban J connectivity index is 1.82. The lowest BCUT2D eigenvalue weighted by molar-refractivity contribution is 0.00467. The van der Waals surface area contributed by atoms with Crippen LogP contribution in [0.25, 0.3) is 0 Å². The van der Waals surface area contributed by atoms with E-state index in [-0.39, 0.29) is 12.8 Å². The highest BCUT2D eigenvalue weighted by atomic mass is 16.7. The van der Waals surface area contributed by atoms with Gasteiger partial charge in [0.2, 0.25) is 0 Å². The fourth-order valence-corrected chi connectivity index (χ4v) is 1.96. The molecule has 0 saturated carbocycles. The highest BCUT2D eigenvalue weighted by Crippen LogP contribution is 2.21. The number of rotatable bonds is 6. The first-order chi connectivity index (χ1) is 9.66. The zero-order chi connectivity index (χ0) is 14.4. The number of benzene rings is 2. The van der Waals surface area contributed by atoms with Gasteiger partial charge in [-0.25, -0.2) is 0 Å². The average Bonchev–Trinajstić information content (AvgIpc) is 2.46. The molecule has 2 N–H and O–H groups in total. The predicted molar refractivity (Wildman–Crippen MR) is 80.5 cm³/mol. The second-order valence-electron chi connectivity index (χ2n) is 4.91. The SMILES string of the molecule is Cc1cc(C(C)N)ccc1OCOCc1ccccc1. The van der Waals surface area contributed by atoms with Crippen LogP contribution in [0.15, 0.2) is 48.5 Å². The van der Waals surface area contributed by atoms with Gasteiger partial charge in [-0.1, -0.05) is 42.5 Å². The fraction of sp³-hybridized carbons (Fsp3) is 0.294. The highest BCUT2D eigenvalue weighted by molar-refractivity contribution is 5.37. The second kappa shape index (κ2) is 7.08. The summed E-state index contributed by atoms with van der Waals surface area (Å²) in [7, 11) is 0. The van der Waals surface area contributed by atoms with Crippen molar-refractivity contribution in [2.75, 3.05) is 6.79 Å². The van der Waals surface area contributed by atoms with Crippen LogP contribution >= 0.6 is 0 Å². The van der Waals surface area contributed by atoms with Crippen LogP contribution in [0, 0.1) is 6.92 Å². The molecule has 1 atom stereocenters. The second-order valence-corrected chi connectivity index (χ2v) is 4.91. The topological polar surface area (TPSA) is 44.5 Å². The van der Waals surface area contributed by atoms with Crippen molar-refractivity contribution in [2.45, 2.75) is 26.5 Å². The molecule has 0 aromatic heterocycles. The Morgan fingerprint density at radius 3 is 2.50 bits per heavy atom. The summed E-state index contributed by atoms with van der Waals surface area (Å²) < 4.78 is 11.1. The van der Waals surface area contributed by atoms with E-state index in [1.54, 1.807) is 0 Å². The molecule has 0 bridgehead atoms. The van der Waals surface area contributed by atoms with E-state index < -0.39 is 0 Å². The standard InChI is InChI=1S/C17H21NO2/c1-13-10-16(14(2)18)8-9-17(13)20-12-19-11-15-6-4-3-5-7-15/h3-10,14H,11-12,18H2,1-2H3. The first-order valence-electron chi connectivity index (χ1n) is 6.77. The smallest absolute Gasteiger partial charge is 0.189 e. The van der Waals surface area contributed by atoms with Crippen molar-refractivity contribution in [3.8, 4) is 5.75 Å². The van der Waals surface area contributed by atoms with Crippen LogP contribution in [0.2, 0.25) is 0 Å². The maximum absolute atomic E-state index is 5.85. The minimum Gasteiger partial charge on any atom is -0.467 e. The number of ether oxygens (including phenoxy) is 2. The normalized spacial score (nSPS) is 12.2. The predicted octanol–water partition coefficient (Wildman–Crippen LogP) is 3.57. The average molecular weight is 271 g/mol. The van der Waals surface area contributed by atoms with Gasteiger partial charge in [0.1, 0.15) is 5.75 Å². The van der Waals surface area contributed by atoms with Crippen LogP contribution in [-0.2, 0) is 11.3 Å². The van der Waals surface area contributed by atoms with Crippen molar-refractivity contribution < 1.29 is 9.47 Å². The van der Waals surface area contributed by atoms with Gasteiger partial charge < -0.3 is 15.2 Å². The largest absolute Gasteiger partial charge is 0.467 e. The molecule has 0 heterocycles. The van der Waals surface area contributed by atoms with Gasteiger partial charge in [0.05, 0.1) is 6.61 Å². The molecule has 0 aliphatic carbocycles. The third-order valence-corrected chi connectivity index (χ3v) is 3.13. The lowest BCUT2D eigenvalue weighted by Crippen LogP contribution is -2.07. The number of nitrogens with two attached hydrogens (primary N) is 1. The van der Waals surface area contributed by atoms with Crippen LogP contribution in [0.5, 0.6) is 5.75 Å². The van der Waals surface area contributed by atoms with Gasteiger partial charge in [-0.05, 0) is 36.6 Å². The summed E-state index contributed by atoms with van der Waals surface area (Å²) in [5.74, 6) is 0.836. The Hall–Kier alpha value is -1.84. The van der Waals surface area contributed by atoms with E-state index in [1.807, 2.05) is 56.3 Å². The summed E-state index contributed by atoms with van der Waals surface area (Å²) in [6.45, 7) is 4.78. The summed E-state index contributed by atoms with van der Waals surface area (Å²) >= 11 is 0. The molecule has 1 unspecified atom stereocenters. The first kappa shape index (κ1) is 14.6. The van der Waals surface area contributed by atoms with E-state index in [0.29, 0.717) is 6.61 Å². The van der Waals surface area contributed by atoms with Crippen molar-refractivity contribution >= 4 is 0 Å². The maximum atomic E-state index is 5.85. The first-order valence-corrected chi connectivity index (χ1v) is 6.77. The van der Waals surface area contributed by atoms with Gasteiger partial charge in [0.25, 0.3) is 0 Å². The van der Waals surface area contributed by atoms with E-state index in [1.165, 1.54) is 0 Å². The summed E-state index contributed by atoms with van der Waals surface area (Å²) in [4.78, 5) is 0. The highest BCUT2D eigenvalue weighted by Gasteiger charge is 2.04. The monoisotopic (exact) mass is 271 g/mol. The molecule has 0 amide bonds. The zero-order valence-electron chi connectivity index (χ0n) is 12.0. The Labute approximate surface area is 120 Å². The van der Waals surface area contributed by atoms with Gasteiger partial charge in [-0.2, -0.15) is 0 Å². The van der Waals surface area contributed by atoms with Crippen LogP contribution in [0.4, 0.5) is 0 Å². The fourth-order valence-electron chi connectivity index (χ4n) is 1.96. The van der Waals surface area contributed by atoms with Crippen LogP contribution in [0.3, 0.4) is 0 Å². The summed E-state index contributed by atoms with van der Waals surface area (Å²) in [5.41, 5.74) is 9.18. The molecule has 2 rings (SSSR count). The molecule has 0 fully saturated rings. The molecule has 3 nitrogen and oxygen atoms in total. The number of hydrogen-bond donors (Lipinski definition) is 1. The van der Waals surface area contributed by atoms with Crippen LogP contribution < -0.4 is 10.5 Å². The number of hydrogen-bond acceptors (Lipinski definition) is 3. The Morgan fingerprint density at radius 2 is 1.85 bits per heavy atom. The molecule has 0 saturated heterocycles. The van der Waals surface area contributed by atoms with Crippen molar-refractivity contribution in [3.05, 3.63) is 65.2 Å². The van der Waals surface area contributed by atoms with Crippen molar-refractivity contribution in [1.82, 2.24) is 0 Å². The van der Waals surface area contributed by atoms with Gasteiger partial charge in [0, 0.05) is 6.04 Å². The third-order valence-electron chi connectivity index (χ3n) is 3.13. The molecule has 2 aromatic carbocycles. The van der Waals surface area contributed by atoms with Gasteiger partial charge in [-0.3, -0.25) is 0 Å². The van der Waals surface area contributed by atoms with Gasteiger partial charge >= 0.3 is 0 Å². The van der Waals surface area contributed by atoms with Crippen LogP contribution in [0.1, 0.15) is 29.7 Å². The van der Waals surface area contributed by atoms with Gasteiger partial charge in [-0.15, -0.1) is 0 Å². The van der Waals surface area contributed by atoms with Gasteiger partial charge in [0.15, 0.2) is 6.79 Å². The lowest BCUT2D eigenvalue weighted by Gasteiger charge is -2.12. The molecule has 0 spiro atoms. The summed E-state index contributed by atoms with van der Waals surface area (Å²) in [6, 6.07) is 16.1. The van der Waals surface area contributed by atoms with Crippen molar-refractivity contribution in [3.63, 3.8) is 0 Å². The summed E-state index contributed by atoms with van der Waals surface area (Å²) in [6.07, 6.45) is 0. The maximum Gasteiger partial charge on any atom is 0.189 e. The zero-order valence-corrected chi connectivity index (χ0v) is 12.0. The summed E-state index contributed by atoms with van der Waals surface area (Å²) in [5, 5.41) is 0. The quantitative estimate of drug-likeness (QED) is 0.645. The van der Waals surface area contributed by atoms with Crippen molar-refractivity contribution in [2.24, 2.45) is 5.73 Å². The third kappa shape index (κ3) is 4.08. The molecule has 0 aliphatic heterocycles. The minimum atomic E-state index is 0.0390. The Morgan fingerprint density at radius 1 is 1.10 bits per heavy atom. The molecule has 0 aliphatic rings. The van der Waals surface area contributed by atoms with E-state index in [4.69, 9.17) is 15.2 Å². The lowest BCUT2D eigenvalue weighted by atomic mass is 10.1.